The summed E-state index contributed by atoms with van der Waals surface area (Å²) in [5.74, 6) is 2.04. The lowest BCUT2D eigenvalue weighted by molar-refractivity contribution is 0.141. The van der Waals surface area contributed by atoms with Gasteiger partial charge in [0, 0.05) is 17.6 Å². The Hall–Kier alpha value is -3.52. The molecule has 1 aliphatic heterocycles. The molecular formula is C27H32N6O2. The van der Waals surface area contributed by atoms with Gasteiger partial charge >= 0.3 is 0 Å². The predicted octanol–water partition coefficient (Wildman–Crippen LogP) is 3.96. The predicted molar refractivity (Wildman–Crippen MR) is 136 cm³/mol. The number of nitrogens with zero attached hydrogens (tertiary/aromatic N) is 5. The Labute approximate surface area is 204 Å². The number of benzene rings is 2. The lowest BCUT2D eigenvalue weighted by Gasteiger charge is -2.36. The van der Waals surface area contributed by atoms with Crippen LogP contribution in [-0.4, -0.2) is 50.3 Å². The smallest absolute Gasteiger partial charge is 0.253 e. The lowest BCUT2D eigenvalue weighted by atomic mass is 9.95. The van der Waals surface area contributed by atoms with Crippen LogP contribution < -0.4 is 10.3 Å². The van der Waals surface area contributed by atoms with Gasteiger partial charge in [-0.1, -0.05) is 32.0 Å². The van der Waals surface area contributed by atoms with Gasteiger partial charge in [-0.05, 0) is 89.0 Å². The average Bonchev–Trinajstić information content (AvgIpc) is 3.32. The van der Waals surface area contributed by atoms with Crippen molar-refractivity contribution in [2.45, 2.75) is 45.7 Å². The Morgan fingerprint density at radius 1 is 1.14 bits per heavy atom. The minimum absolute atomic E-state index is 0.0935. The molecule has 1 saturated heterocycles. The topological polar surface area (TPSA) is 88.9 Å². The zero-order valence-corrected chi connectivity index (χ0v) is 20.6. The van der Waals surface area contributed by atoms with Gasteiger partial charge in [-0.2, -0.15) is 0 Å². The van der Waals surface area contributed by atoms with E-state index in [1.807, 2.05) is 41.1 Å². The molecule has 8 nitrogen and oxygen atoms in total. The molecule has 2 atom stereocenters. The minimum Gasteiger partial charge on any atom is -0.497 e. The number of rotatable bonds is 7. The van der Waals surface area contributed by atoms with Crippen LogP contribution in [0.5, 0.6) is 5.75 Å². The first-order valence-corrected chi connectivity index (χ1v) is 12.3. The Balaban J connectivity index is 1.59. The molecule has 5 rings (SSSR count). The van der Waals surface area contributed by atoms with Crippen molar-refractivity contribution in [1.29, 1.82) is 0 Å². The van der Waals surface area contributed by atoms with Crippen LogP contribution in [0.4, 0.5) is 0 Å². The number of tetrazole rings is 1. The number of ether oxygens (including phenoxy) is 1. The summed E-state index contributed by atoms with van der Waals surface area (Å²) in [6, 6.07) is 15.8. The molecule has 0 bridgehead atoms. The summed E-state index contributed by atoms with van der Waals surface area (Å²) >= 11 is 0. The maximum atomic E-state index is 13.4. The Morgan fingerprint density at radius 3 is 2.69 bits per heavy atom. The van der Waals surface area contributed by atoms with Gasteiger partial charge in [-0.15, -0.1) is 5.10 Å². The molecule has 0 amide bonds. The summed E-state index contributed by atoms with van der Waals surface area (Å²) in [5, 5.41) is 13.8. The largest absolute Gasteiger partial charge is 0.497 e. The first-order valence-electron chi connectivity index (χ1n) is 12.3. The van der Waals surface area contributed by atoms with Crippen LogP contribution in [0, 0.1) is 5.92 Å². The van der Waals surface area contributed by atoms with Gasteiger partial charge in [0.15, 0.2) is 5.82 Å². The highest BCUT2D eigenvalue weighted by Crippen LogP contribution is 2.31. The third-order valence-corrected chi connectivity index (χ3v) is 6.99. The molecule has 0 aliphatic carbocycles. The highest BCUT2D eigenvalue weighted by Gasteiger charge is 2.32. The number of methoxy groups -OCH3 is 1. The molecular weight excluding hydrogens is 440 g/mol. The molecule has 4 aromatic rings. The van der Waals surface area contributed by atoms with E-state index in [2.05, 4.69) is 51.4 Å². The molecule has 0 unspecified atom stereocenters. The normalized spacial score (nSPS) is 17.5. The molecule has 1 N–H and O–H groups in total. The number of likely N-dealkylation sites (tertiary alicyclic amines) is 1. The second-order valence-corrected chi connectivity index (χ2v) is 9.52. The molecule has 1 aliphatic rings. The zero-order chi connectivity index (χ0) is 24.4. The number of fused-ring (bicyclic) bond motifs is 1. The van der Waals surface area contributed by atoms with E-state index in [4.69, 9.17) is 4.74 Å². The summed E-state index contributed by atoms with van der Waals surface area (Å²) in [7, 11) is 1.66. The van der Waals surface area contributed by atoms with Crippen molar-refractivity contribution < 1.29 is 4.74 Å². The molecule has 1 fully saturated rings. The van der Waals surface area contributed by atoms with Gasteiger partial charge in [-0.25, -0.2) is 4.68 Å². The fourth-order valence-corrected chi connectivity index (χ4v) is 5.08. The van der Waals surface area contributed by atoms with E-state index >= 15 is 0 Å². The summed E-state index contributed by atoms with van der Waals surface area (Å²) < 4.78 is 7.10. The Kier molecular flexibility index (Phi) is 6.63. The second kappa shape index (κ2) is 10.00. The van der Waals surface area contributed by atoms with Gasteiger partial charge in [0.1, 0.15) is 11.8 Å². The minimum atomic E-state index is -0.329. The first-order chi connectivity index (χ1) is 17.1. The maximum Gasteiger partial charge on any atom is 0.253 e. The molecule has 8 heteroatoms. The highest BCUT2D eigenvalue weighted by molar-refractivity contribution is 5.80. The summed E-state index contributed by atoms with van der Waals surface area (Å²) in [4.78, 5) is 18.9. The van der Waals surface area contributed by atoms with Crippen molar-refractivity contribution in [2.24, 2.45) is 5.92 Å². The van der Waals surface area contributed by atoms with Crippen molar-refractivity contribution in [1.82, 2.24) is 30.1 Å². The van der Waals surface area contributed by atoms with Crippen molar-refractivity contribution >= 4 is 10.9 Å². The molecule has 0 saturated carbocycles. The van der Waals surface area contributed by atoms with E-state index in [-0.39, 0.29) is 11.6 Å². The van der Waals surface area contributed by atoms with E-state index in [0.29, 0.717) is 23.9 Å². The molecule has 2 aromatic carbocycles. The van der Waals surface area contributed by atoms with Gasteiger partial charge in [0.05, 0.1) is 13.7 Å². The number of aromatic nitrogens is 5. The van der Waals surface area contributed by atoms with E-state index in [0.717, 1.165) is 48.1 Å². The fourth-order valence-electron chi connectivity index (χ4n) is 5.08. The Bertz CT molecular complexity index is 1360. The average molecular weight is 473 g/mol. The quantitative estimate of drug-likeness (QED) is 0.438. The number of piperidine rings is 1. The molecule has 0 spiro atoms. The summed E-state index contributed by atoms with van der Waals surface area (Å²) in [5.41, 5.74) is 3.74. The zero-order valence-electron chi connectivity index (χ0n) is 20.6. The fraction of sp³-hybridized carbons (Fsp3) is 0.407. The molecule has 35 heavy (non-hydrogen) atoms. The number of hydrogen-bond acceptors (Lipinski definition) is 6. The van der Waals surface area contributed by atoms with E-state index < -0.39 is 0 Å². The summed E-state index contributed by atoms with van der Waals surface area (Å²) in [6.45, 7) is 6.71. The first kappa shape index (κ1) is 23.2. The van der Waals surface area contributed by atoms with Crippen LogP contribution in [0.2, 0.25) is 0 Å². The SMILES string of the molecule is CCc1ccc2[nH]c(=O)c([C@H](c3nnnn3Cc3ccc(OC)cc3)N3CCC[C@H](C)C3)cc2c1. The molecule has 3 heterocycles. The second-order valence-electron chi connectivity index (χ2n) is 9.52. The third-order valence-electron chi connectivity index (χ3n) is 6.99. The van der Waals surface area contributed by atoms with Crippen LogP contribution in [0.3, 0.4) is 0 Å². The Morgan fingerprint density at radius 2 is 1.94 bits per heavy atom. The number of pyridine rings is 1. The maximum absolute atomic E-state index is 13.4. The monoisotopic (exact) mass is 472 g/mol. The molecule has 0 radical (unpaired) electrons. The van der Waals surface area contributed by atoms with E-state index in [1.165, 1.54) is 12.0 Å². The summed E-state index contributed by atoms with van der Waals surface area (Å²) in [6.07, 6.45) is 3.22. The number of nitrogens with one attached hydrogen (secondary N) is 1. The van der Waals surface area contributed by atoms with Crippen molar-refractivity contribution in [3.05, 3.63) is 81.4 Å². The van der Waals surface area contributed by atoms with E-state index in [1.54, 1.807) is 7.11 Å². The molecule has 2 aromatic heterocycles. The van der Waals surface area contributed by atoms with Crippen LogP contribution in [0.25, 0.3) is 10.9 Å². The number of H-pyrrole nitrogens is 1. The third kappa shape index (κ3) is 4.84. The number of aromatic amines is 1. The van der Waals surface area contributed by atoms with Gasteiger partial charge in [-0.3, -0.25) is 9.69 Å². The van der Waals surface area contributed by atoms with Crippen LogP contribution in [-0.2, 0) is 13.0 Å². The van der Waals surface area contributed by atoms with Gasteiger partial charge in [0.2, 0.25) is 0 Å². The van der Waals surface area contributed by atoms with Crippen LogP contribution >= 0.6 is 0 Å². The van der Waals surface area contributed by atoms with Crippen molar-refractivity contribution in [3.63, 3.8) is 0 Å². The van der Waals surface area contributed by atoms with Crippen molar-refractivity contribution in [3.8, 4) is 5.75 Å². The number of hydrogen-bond donors (Lipinski definition) is 1. The van der Waals surface area contributed by atoms with Gasteiger partial charge in [0.25, 0.3) is 5.56 Å². The van der Waals surface area contributed by atoms with Gasteiger partial charge < -0.3 is 9.72 Å². The molecule has 182 valence electrons. The van der Waals surface area contributed by atoms with Crippen molar-refractivity contribution in [2.75, 3.05) is 20.2 Å². The standard InChI is InChI=1S/C27H32N6O2/c1-4-19-9-12-24-21(14-19)15-23(27(34)28-24)25(32-13-5-6-18(2)16-32)26-29-30-31-33(26)17-20-7-10-22(35-3)11-8-20/h7-12,14-15,18,25H,4-6,13,16-17H2,1-3H3,(H,28,34)/t18-,25+/m0/s1. The van der Waals surface area contributed by atoms with Crippen LogP contribution in [0.15, 0.2) is 53.3 Å². The van der Waals surface area contributed by atoms with Crippen LogP contribution in [0.1, 0.15) is 55.2 Å². The van der Waals surface area contributed by atoms with E-state index in [9.17, 15) is 4.79 Å². The number of aryl methyl sites for hydroxylation is 1. The lowest BCUT2D eigenvalue weighted by Crippen LogP contribution is -2.41. The highest BCUT2D eigenvalue weighted by atomic mass is 16.5.